The standard InChI is InChI=1S/C54H36BN3/c1-4-17-39(18-5-1)56-49-30-13-11-27-46(49)55-47-28-15-25-43(54(47)58(41-21-8-3-9-22-41)51-32-16-31-50(56)52(51)55)38-35-33-37(34-36-38)42-24-14-26-45-44-23-10-12-29-48(44)57(53(42)45)40-19-6-2-7-20-40/h1-36H. The molecule has 0 bridgehead atoms. The molecule has 0 atom stereocenters. The van der Waals surface area contributed by atoms with E-state index in [1.807, 2.05) is 0 Å². The molecule has 0 unspecified atom stereocenters. The van der Waals surface area contributed by atoms with Gasteiger partial charge in [-0.25, -0.2) is 0 Å². The van der Waals surface area contributed by atoms with Gasteiger partial charge in [0.15, 0.2) is 0 Å². The number of aromatic nitrogens is 1. The lowest BCUT2D eigenvalue weighted by Crippen LogP contribution is -2.61. The SMILES string of the molecule is c1ccc(N2c3ccccc3B3c4cccc(-c5ccc(-c6cccc7c8ccccc8n(-c8ccccc8)c67)cc5)c4N(c4ccccc4)c4cccc2c43)cc1. The van der Waals surface area contributed by atoms with Crippen LogP contribution in [0.4, 0.5) is 34.1 Å². The second-order valence-corrected chi connectivity index (χ2v) is 15.3. The molecule has 58 heavy (non-hydrogen) atoms. The highest BCUT2D eigenvalue weighted by Crippen LogP contribution is 2.47. The monoisotopic (exact) mass is 737 g/mol. The maximum absolute atomic E-state index is 2.50. The minimum absolute atomic E-state index is 0.0639. The van der Waals surface area contributed by atoms with Crippen LogP contribution in [0.2, 0.25) is 0 Å². The molecule has 2 aliphatic rings. The van der Waals surface area contributed by atoms with Crippen LogP contribution < -0.4 is 26.2 Å². The smallest absolute Gasteiger partial charge is 0.252 e. The van der Waals surface area contributed by atoms with Gasteiger partial charge < -0.3 is 14.4 Å². The summed E-state index contributed by atoms with van der Waals surface area (Å²) in [5.74, 6) is 0. The number of anilines is 6. The number of benzene rings is 9. The minimum Gasteiger partial charge on any atom is -0.311 e. The molecule has 0 aliphatic carbocycles. The van der Waals surface area contributed by atoms with E-state index in [2.05, 4.69) is 233 Å². The molecule has 0 fully saturated rings. The van der Waals surface area contributed by atoms with Crippen LogP contribution in [0.25, 0.3) is 49.7 Å². The Morgan fingerprint density at radius 1 is 0.328 bits per heavy atom. The molecule has 0 radical (unpaired) electrons. The van der Waals surface area contributed by atoms with E-state index < -0.39 is 0 Å². The molecule has 12 rings (SSSR count). The third-order valence-corrected chi connectivity index (χ3v) is 12.2. The van der Waals surface area contributed by atoms with Crippen LogP contribution in [-0.2, 0) is 0 Å². The number of rotatable bonds is 5. The van der Waals surface area contributed by atoms with Gasteiger partial charge in [0.25, 0.3) is 6.71 Å². The highest BCUT2D eigenvalue weighted by molar-refractivity contribution is 7.00. The number of hydrogen-bond acceptors (Lipinski definition) is 2. The largest absolute Gasteiger partial charge is 0.311 e. The Kier molecular flexibility index (Phi) is 7.33. The molecule has 3 heterocycles. The zero-order valence-electron chi connectivity index (χ0n) is 31.7. The molecule has 3 nitrogen and oxygen atoms in total. The topological polar surface area (TPSA) is 11.4 Å². The normalized spacial score (nSPS) is 12.7. The van der Waals surface area contributed by atoms with E-state index >= 15 is 0 Å². The van der Waals surface area contributed by atoms with E-state index in [0.29, 0.717) is 0 Å². The first kappa shape index (κ1) is 32.7. The van der Waals surface area contributed by atoms with Gasteiger partial charge in [-0.1, -0.05) is 158 Å². The summed E-state index contributed by atoms with van der Waals surface area (Å²) in [6.45, 7) is 0.0639. The van der Waals surface area contributed by atoms with Gasteiger partial charge in [-0.3, -0.25) is 0 Å². The number of fused-ring (bicyclic) bond motifs is 7. The van der Waals surface area contributed by atoms with Gasteiger partial charge in [0.1, 0.15) is 0 Å². The van der Waals surface area contributed by atoms with Crippen molar-refractivity contribution in [2.45, 2.75) is 0 Å². The first-order valence-corrected chi connectivity index (χ1v) is 20.1. The van der Waals surface area contributed by atoms with Crippen molar-refractivity contribution in [3.63, 3.8) is 0 Å². The quantitative estimate of drug-likeness (QED) is 0.163. The number of hydrogen-bond donors (Lipinski definition) is 0. The second-order valence-electron chi connectivity index (χ2n) is 15.3. The molecule has 9 aromatic carbocycles. The summed E-state index contributed by atoms with van der Waals surface area (Å²) in [6.07, 6.45) is 0. The van der Waals surface area contributed by atoms with E-state index in [1.54, 1.807) is 0 Å². The maximum atomic E-state index is 2.50. The highest BCUT2D eigenvalue weighted by atomic mass is 15.2. The lowest BCUT2D eigenvalue weighted by Gasteiger charge is -2.44. The first-order chi connectivity index (χ1) is 28.8. The zero-order chi connectivity index (χ0) is 38.2. The van der Waals surface area contributed by atoms with Crippen LogP contribution in [-0.4, -0.2) is 11.3 Å². The van der Waals surface area contributed by atoms with Crippen molar-refractivity contribution in [2.24, 2.45) is 0 Å². The molecule has 10 aromatic rings. The molecular formula is C54H36BN3. The fourth-order valence-corrected chi connectivity index (χ4v) is 9.79. The van der Waals surface area contributed by atoms with Crippen molar-refractivity contribution in [1.29, 1.82) is 0 Å². The Hall–Kier alpha value is -7.56. The Morgan fingerprint density at radius 2 is 0.828 bits per heavy atom. The van der Waals surface area contributed by atoms with Gasteiger partial charge in [0.2, 0.25) is 0 Å². The minimum atomic E-state index is 0.0639. The third kappa shape index (κ3) is 4.82. The van der Waals surface area contributed by atoms with E-state index in [1.165, 1.54) is 83.2 Å². The van der Waals surface area contributed by atoms with Gasteiger partial charge in [0.05, 0.1) is 11.0 Å². The van der Waals surface area contributed by atoms with Crippen LogP contribution in [0.1, 0.15) is 0 Å². The molecule has 2 aliphatic heterocycles. The Morgan fingerprint density at radius 3 is 1.57 bits per heavy atom. The maximum Gasteiger partial charge on any atom is 0.252 e. The van der Waals surface area contributed by atoms with Crippen LogP contribution in [0.5, 0.6) is 0 Å². The molecule has 0 N–H and O–H groups in total. The van der Waals surface area contributed by atoms with Crippen molar-refractivity contribution < 1.29 is 0 Å². The first-order valence-electron chi connectivity index (χ1n) is 20.1. The Labute approximate surface area is 338 Å². The second kappa shape index (κ2) is 13.0. The molecule has 0 spiro atoms. The summed E-state index contributed by atoms with van der Waals surface area (Å²) < 4.78 is 2.42. The van der Waals surface area contributed by atoms with Crippen molar-refractivity contribution in [2.75, 3.05) is 9.80 Å². The number of para-hydroxylation sites is 7. The van der Waals surface area contributed by atoms with Crippen molar-refractivity contribution in [3.8, 4) is 27.9 Å². The van der Waals surface area contributed by atoms with Gasteiger partial charge in [-0.05, 0) is 88.2 Å². The summed E-state index contributed by atoms with van der Waals surface area (Å²) in [6, 6.07) is 79.8. The van der Waals surface area contributed by atoms with Crippen molar-refractivity contribution in [1.82, 2.24) is 4.57 Å². The molecule has 0 saturated carbocycles. The molecule has 0 saturated heterocycles. The molecule has 4 heteroatoms. The molecule has 270 valence electrons. The zero-order valence-corrected chi connectivity index (χ0v) is 31.7. The van der Waals surface area contributed by atoms with Crippen LogP contribution in [0.15, 0.2) is 218 Å². The van der Waals surface area contributed by atoms with Crippen LogP contribution in [0.3, 0.4) is 0 Å². The average Bonchev–Trinajstić information content (AvgIpc) is 3.64. The van der Waals surface area contributed by atoms with Gasteiger partial charge in [-0.2, -0.15) is 0 Å². The molecule has 0 amide bonds. The van der Waals surface area contributed by atoms with Crippen LogP contribution in [0, 0.1) is 0 Å². The fraction of sp³-hybridized carbons (Fsp3) is 0. The lowest BCUT2D eigenvalue weighted by molar-refractivity contribution is 1.18. The van der Waals surface area contributed by atoms with E-state index in [4.69, 9.17) is 0 Å². The van der Waals surface area contributed by atoms with Crippen molar-refractivity contribution in [3.05, 3.63) is 218 Å². The Bertz CT molecular complexity index is 3170. The molecule has 1 aromatic heterocycles. The van der Waals surface area contributed by atoms with Gasteiger partial charge in [0, 0.05) is 61.7 Å². The lowest BCUT2D eigenvalue weighted by atomic mass is 9.33. The van der Waals surface area contributed by atoms with E-state index in [9.17, 15) is 0 Å². The molecular weight excluding hydrogens is 701 g/mol. The summed E-state index contributed by atoms with van der Waals surface area (Å²) in [7, 11) is 0. The summed E-state index contributed by atoms with van der Waals surface area (Å²) >= 11 is 0. The van der Waals surface area contributed by atoms with Gasteiger partial charge >= 0.3 is 0 Å². The van der Waals surface area contributed by atoms with E-state index in [0.717, 1.165) is 17.1 Å². The third-order valence-electron chi connectivity index (χ3n) is 12.2. The fourth-order valence-electron chi connectivity index (χ4n) is 9.79. The van der Waals surface area contributed by atoms with Crippen LogP contribution >= 0.6 is 0 Å². The average molecular weight is 738 g/mol. The predicted molar refractivity (Wildman–Crippen MR) is 246 cm³/mol. The summed E-state index contributed by atoms with van der Waals surface area (Å²) in [4.78, 5) is 4.95. The Balaban J connectivity index is 1.06. The predicted octanol–water partition coefficient (Wildman–Crippen LogP) is 12.2. The summed E-state index contributed by atoms with van der Waals surface area (Å²) in [5, 5.41) is 2.52. The summed E-state index contributed by atoms with van der Waals surface area (Å²) in [5.41, 5.74) is 19.5. The van der Waals surface area contributed by atoms with Crippen molar-refractivity contribution >= 4 is 79.0 Å². The van der Waals surface area contributed by atoms with E-state index in [-0.39, 0.29) is 6.71 Å². The highest BCUT2D eigenvalue weighted by Gasteiger charge is 2.43. The number of nitrogens with zero attached hydrogens (tertiary/aromatic N) is 3. The van der Waals surface area contributed by atoms with Gasteiger partial charge in [-0.15, -0.1) is 0 Å².